The molecule has 0 fully saturated rings. The number of carboxylic acid groups (broad SMARTS) is 1. The monoisotopic (exact) mass is 267 g/mol. The molecule has 0 unspecified atom stereocenters. The number of aromatic nitrogens is 1. The lowest BCUT2D eigenvalue weighted by molar-refractivity contribution is -0.138. The molecule has 9 nitrogen and oxygen atoms in total. The molecule has 0 saturated heterocycles. The summed E-state index contributed by atoms with van der Waals surface area (Å²) in [6.07, 6.45) is 0. The number of carbonyl (C=O) groups is 3. The lowest BCUT2D eigenvalue weighted by atomic mass is 10.3. The van der Waals surface area contributed by atoms with Crippen LogP contribution < -0.4 is 16.8 Å². The fourth-order valence-electron chi connectivity index (χ4n) is 1.17. The largest absolute Gasteiger partial charge is 0.480 e. The van der Waals surface area contributed by atoms with E-state index >= 15 is 0 Å². The number of aromatic amines is 1. The molecule has 102 valence electrons. The third kappa shape index (κ3) is 3.84. The second kappa shape index (κ2) is 5.67. The summed E-state index contributed by atoms with van der Waals surface area (Å²) in [5.41, 5.74) is 10.1. The second-order valence-corrected chi connectivity index (χ2v) is 3.66. The van der Waals surface area contributed by atoms with Gasteiger partial charge in [0.2, 0.25) is 0 Å². The van der Waals surface area contributed by atoms with Crippen molar-refractivity contribution >= 4 is 23.7 Å². The SMILES string of the molecule is C[C@H](NC(=O)c1ccc(C(=O)N=C(N)N)[nH]1)C(=O)O. The van der Waals surface area contributed by atoms with E-state index in [-0.39, 0.29) is 11.4 Å². The van der Waals surface area contributed by atoms with Gasteiger partial charge in [0.1, 0.15) is 17.4 Å². The number of H-pyrrole nitrogens is 1. The fraction of sp³-hybridized carbons (Fsp3) is 0.200. The van der Waals surface area contributed by atoms with Crippen molar-refractivity contribution in [3.05, 3.63) is 23.5 Å². The Hall–Kier alpha value is -2.84. The molecule has 0 aliphatic carbocycles. The molecule has 0 radical (unpaired) electrons. The zero-order valence-electron chi connectivity index (χ0n) is 10.0. The van der Waals surface area contributed by atoms with Crippen molar-refractivity contribution in [3.8, 4) is 0 Å². The Morgan fingerprint density at radius 1 is 1.32 bits per heavy atom. The number of nitrogens with one attached hydrogen (secondary N) is 2. The van der Waals surface area contributed by atoms with Crippen LogP contribution in [0, 0.1) is 0 Å². The molecular weight excluding hydrogens is 254 g/mol. The molecule has 1 aromatic rings. The van der Waals surface area contributed by atoms with Gasteiger partial charge in [-0.1, -0.05) is 0 Å². The van der Waals surface area contributed by atoms with Gasteiger partial charge in [-0.05, 0) is 19.1 Å². The van der Waals surface area contributed by atoms with Gasteiger partial charge in [0.15, 0.2) is 5.96 Å². The molecule has 1 heterocycles. The van der Waals surface area contributed by atoms with Crippen molar-refractivity contribution in [2.75, 3.05) is 0 Å². The van der Waals surface area contributed by atoms with E-state index in [1.165, 1.54) is 19.1 Å². The topological polar surface area (TPSA) is 164 Å². The molecule has 9 heteroatoms. The van der Waals surface area contributed by atoms with E-state index < -0.39 is 29.8 Å². The normalized spacial score (nSPS) is 11.4. The molecule has 0 bridgehead atoms. The third-order valence-electron chi connectivity index (χ3n) is 2.11. The fourth-order valence-corrected chi connectivity index (χ4v) is 1.17. The zero-order valence-corrected chi connectivity index (χ0v) is 10.0. The average Bonchev–Trinajstić information content (AvgIpc) is 2.76. The van der Waals surface area contributed by atoms with Crippen molar-refractivity contribution in [3.63, 3.8) is 0 Å². The highest BCUT2D eigenvalue weighted by atomic mass is 16.4. The lowest BCUT2D eigenvalue weighted by Crippen LogP contribution is -2.38. The van der Waals surface area contributed by atoms with Crippen LogP contribution >= 0.6 is 0 Å². The molecule has 7 N–H and O–H groups in total. The maximum Gasteiger partial charge on any atom is 0.325 e. The molecule has 1 rings (SSSR count). The van der Waals surface area contributed by atoms with E-state index in [0.29, 0.717) is 0 Å². The molecule has 1 aromatic heterocycles. The Morgan fingerprint density at radius 3 is 2.42 bits per heavy atom. The van der Waals surface area contributed by atoms with E-state index in [1.54, 1.807) is 0 Å². The summed E-state index contributed by atoms with van der Waals surface area (Å²) in [6.45, 7) is 1.31. The smallest absolute Gasteiger partial charge is 0.325 e. The molecule has 1 atom stereocenters. The Labute approximate surface area is 107 Å². The predicted octanol–water partition coefficient (Wildman–Crippen LogP) is -1.37. The van der Waals surface area contributed by atoms with Gasteiger partial charge in [-0.15, -0.1) is 0 Å². The number of hydrogen-bond acceptors (Lipinski definition) is 3. The molecule has 0 aliphatic heterocycles. The quantitative estimate of drug-likeness (QED) is 0.333. The number of aliphatic carboxylic acids is 1. The van der Waals surface area contributed by atoms with E-state index in [1.807, 2.05) is 0 Å². The highest BCUT2D eigenvalue weighted by molar-refractivity contribution is 6.02. The van der Waals surface area contributed by atoms with Crippen LogP contribution in [-0.4, -0.2) is 39.9 Å². The van der Waals surface area contributed by atoms with Crippen molar-refractivity contribution in [2.24, 2.45) is 16.5 Å². The Morgan fingerprint density at radius 2 is 1.89 bits per heavy atom. The molecule has 0 spiro atoms. The van der Waals surface area contributed by atoms with E-state index in [4.69, 9.17) is 16.6 Å². The minimum atomic E-state index is -1.17. The van der Waals surface area contributed by atoms with Crippen LogP contribution in [0.15, 0.2) is 17.1 Å². The number of nitrogens with two attached hydrogens (primary N) is 2. The van der Waals surface area contributed by atoms with Gasteiger partial charge in [-0.2, -0.15) is 4.99 Å². The average molecular weight is 267 g/mol. The number of rotatable bonds is 4. The first-order valence-corrected chi connectivity index (χ1v) is 5.18. The summed E-state index contributed by atoms with van der Waals surface area (Å²) in [6, 6.07) is 1.58. The summed E-state index contributed by atoms with van der Waals surface area (Å²) in [4.78, 5) is 39.4. The maximum absolute atomic E-state index is 11.6. The maximum atomic E-state index is 11.6. The minimum Gasteiger partial charge on any atom is -0.480 e. The van der Waals surface area contributed by atoms with Gasteiger partial charge < -0.3 is 26.9 Å². The van der Waals surface area contributed by atoms with Crippen LogP contribution in [0.5, 0.6) is 0 Å². The van der Waals surface area contributed by atoms with Crippen molar-refractivity contribution in [1.82, 2.24) is 10.3 Å². The number of carboxylic acids is 1. The predicted molar refractivity (Wildman–Crippen MR) is 65.5 cm³/mol. The number of nitrogens with zero attached hydrogens (tertiary/aromatic N) is 1. The van der Waals surface area contributed by atoms with Crippen LogP contribution in [0.4, 0.5) is 0 Å². The summed E-state index contributed by atoms with van der Waals surface area (Å²) in [7, 11) is 0. The highest BCUT2D eigenvalue weighted by Gasteiger charge is 2.17. The third-order valence-corrected chi connectivity index (χ3v) is 2.11. The minimum absolute atomic E-state index is 0.0153. The van der Waals surface area contributed by atoms with E-state index in [0.717, 1.165) is 0 Å². The van der Waals surface area contributed by atoms with E-state index in [2.05, 4.69) is 15.3 Å². The van der Waals surface area contributed by atoms with Crippen molar-refractivity contribution in [1.29, 1.82) is 0 Å². The van der Waals surface area contributed by atoms with Crippen LogP contribution in [0.2, 0.25) is 0 Å². The van der Waals surface area contributed by atoms with Crippen molar-refractivity contribution in [2.45, 2.75) is 13.0 Å². The second-order valence-electron chi connectivity index (χ2n) is 3.66. The van der Waals surface area contributed by atoms with Gasteiger partial charge in [-0.3, -0.25) is 14.4 Å². The lowest BCUT2D eigenvalue weighted by Gasteiger charge is -2.07. The van der Waals surface area contributed by atoms with Crippen LogP contribution in [0.1, 0.15) is 27.9 Å². The molecule has 0 saturated carbocycles. The molecular formula is C10H13N5O4. The Balaban J connectivity index is 2.80. The molecule has 2 amide bonds. The summed E-state index contributed by atoms with van der Waals surface area (Å²) < 4.78 is 0. The summed E-state index contributed by atoms with van der Waals surface area (Å²) in [5, 5.41) is 10.9. The number of guanidine groups is 1. The first-order valence-electron chi connectivity index (χ1n) is 5.18. The van der Waals surface area contributed by atoms with Gasteiger partial charge in [0.25, 0.3) is 11.8 Å². The Kier molecular flexibility index (Phi) is 4.24. The van der Waals surface area contributed by atoms with Crippen LogP contribution in [0.25, 0.3) is 0 Å². The first kappa shape index (κ1) is 14.2. The van der Waals surface area contributed by atoms with Gasteiger partial charge in [0.05, 0.1) is 0 Å². The van der Waals surface area contributed by atoms with Crippen LogP contribution in [-0.2, 0) is 4.79 Å². The van der Waals surface area contributed by atoms with Crippen molar-refractivity contribution < 1.29 is 19.5 Å². The molecule has 19 heavy (non-hydrogen) atoms. The Bertz CT molecular complexity index is 544. The van der Waals surface area contributed by atoms with Crippen LogP contribution in [0.3, 0.4) is 0 Å². The van der Waals surface area contributed by atoms with E-state index in [9.17, 15) is 14.4 Å². The summed E-state index contributed by atoms with van der Waals surface area (Å²) in [5.74, 6) is -2.95. The molecule has 0 aliphatic rings. The van der Waals surface area contributed by atoms with Gasteiger partial charge >= 0.3 is 5.97 Å². The summed E-state index contributed by atoms with van der Waals surface area (Å²) >= 11 is 0. The number of aliphatic imine (C=N–C) groups is 1. The van der Waals surface area contributed by atoms with Gasteiger partial charge in [0, 0.05) is 0 Å². The number of carbonyl (C=O) groups excluding carboxylic acids is 2. The highest BCUT2D eigenvalue weighted by Crippen LogP contribution is 2.04. The van der Waals surface area contributed by atoms with Gasteiger partial charge in [-0.25, -0.2) is 0 Å². The standard InChI is InChI=1S/C10H13N5O4/c1-4(9(18)19)13-7(16)5-2-3-6(14-5)8(17)15-10(11)12/h2-4,14H,1H3,(H,13,16)(H,18,19)(H4,11,12,15,17)/t4-/m0/s1. The first-order chi connectivity index (χ1) is 8.81. The zero-order chi connectivity index (χ0) is 14.6. The number of amides is 2. The number of hydrogen-bond donors (Lipinski definition) is 5. The molecule has 0 aromatic carbocycles.